The van der Waals surface area contributed by atoms with Gasteiger partial charge in [0, 0.05) is 23.5 Å². The molecular weight excluding hydrogens is 262 g/mol. The Morgan fingerprint density at radius 2 is 1.43 bits per heavy atom. The summed E-state index contributed by atoms with van der Waals surface area (Å²) >= 11 is 0. The van der Waals surface area contributed by atoms with Crippen molar-refractivity contribution >= 4 is 5.97 Å². The van der Waals surface area contributed by atoms with Crippen molar-refractivity contribution in [2.45, 2.75) is 26.4 Å². The molecule has 2 aromatic rings. The molecule has 0 fully saturated rings. The molecule has 1 N–H and O–H groups in total. The second-order valence-electron chi connectivity index (χ2n) is 5.31. The summed E-state index contributed by atoms with van der Waals surface area (Å²) in [6, 6.07) is 18.2. The highest BCUT2D eigenvalue weighted by atomic mass is 16.4. The largest absolute Gasteiger partial charge is 0.550 e. The van der Waals surface area contributed by atoms with Gasteiger partial charge in [0.2, 0.25) is 0 Å². The van der Waals surface area contributed by atoms with Gasteiger partial charge in [0.25, 0.3) is 0 Å². The molecule has 0 heterocycles. The number of carbonyl (C=O) groups is 1. The van der Waals surface area contributed by atoms with Gasteiger partial charge >= 0.3 is 0 Å². The van der Waals surface area contributed by atoms with E-state index in [0.717, 1.165) is 25.2 Å². The van der Waals surface area contributed by atoms with Crippen LogP contribution >= 0.6 is 0 Å². The second-order valence-corrected chi connectivity index (χ2v) is 5.31. The van der Waals surface area contributed by atoms with Crippen molar-refractivity contribution in [3.8, 4) is 0 Å². The van der Waals surface area contributed by atoms with Gasteiger partial charge in [0.15, 0.2) is 0 Å². The lowest BCUT2D eigenvalue weighted by Gasteiger charge is -2.18. The predicted octanol–water partition coefficient (Wildman–Crippen LogP) is 0.584. The number of nitrogens with one attached hydrogen (secondary N) is 1. The lowest BCUT2D eigenvalue weighted by atomic mass is 10.1. The Bertz CT molecular complexity index is 564. The molecule has 0 amide bonds. The Morgan fingerprint density at radius 3 is 1.95 bits per heavy atom. The Morgan fingerprint density at radius 1 is 0.905 bits per heavy atom. The molecule has 0 saturated heterocycles. The molecule has 3 heteroatoms. The molecule has 2 rings (SSSR count). The fourth-order valence-corrected chi connectivity index (χ4v) is 2.43. The van der Waals surface area contributed by atoms with Crippen molar-refractivity contribution < 1.29 is 14.8 Å². The van der Waals surface area contributed by atoms with Gasteiger partial charge in [-0.3, -0.25) is 0 Å². The molecule has 0 spiro atoms. The zero-order chi connectivity index (χ0) is 15.1. The van der Waals surface area contributed by atoms with E-state index in [2.05, 4.69) is 31.2 Å². The van der Waals surface area contributed by atoms with Crippen LogP contribution in [0.25, 0.3) is 0 Å². The molecular formula is C18H21NO2. The number of carbonyl (C=O) groups excluding carboxylic acids is 1. The first-order valence-electron chi connectivity index (χ1n) is 7.32. The summed E-state index contributed by atoms with van der Waals surface area (Å²) in [5.74, 6) is -1.03. The van der Waals surface area contributed by atoms with E-state index in [0.29, 0.717) is 0 Å². The van der Waals surface area contributed by atoms with Crippen LogP contribution in [0.1, 0.15) is 23.6 Å². The molecule has 1 atom stereocenters. The summed E-state index contributed by atoms with van der Waals surface area (Å²) < 4.78 is 0. The van der Waals surface area contributed by atoms with Gasteiger partial charge in [-0.2, -0.15) is 0 Å². The molecule has 0 bridgehead atoms. The first-order valence-corrected chi connectivity index (χ1v) is 7.32. The van der Waals surface area contributed by atoms with Crippen molar-refractivity contribution in [1.29, 1.82) is 0 Å². The lowest BCUT2D eigenvalue weighted by molar-refractivity contribution is -0.925. The third-order valence-electron chi connectivity index (χ3n) is 3.62. The van der Waals surface area contributed by atoms with Crippen LogP contribution in [0.3, 0.4) is 0 Å². The normalized spacial score (nSPS) is 12.0. The number of benzene rings is 2. The summed E-state index contributed by atoms with van der Waals surface area (Å²) in [4.78, 5) is 12.0. The minimum atomic E-state index is -1.03. The van der Waals surface area contributed by atoms with Crippen molar-refractivity contribution in [1.82, 2.24) is 0 Å². The summed E-state index contributed by atoms with van der Waals surface area (Å²) in [6.07, 6.45) is -0.0192. The number of hydrogen-bond donors (Lipinski definition) is 1. The lowest BCUT2D eigenvalue weighted by Crippen LogP contribution is -3.09. The van der Waals surface area contributed by atoms with Crippen LogP contribution in [0.4, 0.5) is 0 Å². The molecule has 0 aliphatic heterocycles. The molecule has 3 nitrogen and oxygen atoms in total. The minimum Gasteiger partial charge on any atom is -0.550 e. The molecule has 110 valence electrons. The standard InChI is InChI=1S/C18H21NO2/c1-2-19(13-16-6-4-3-5-7-16)14-17-10-8-15(9-11-17)12-18(20)21/h3-11H,2,12-14H2,1H3,(H,20,21). The molecule has 21 heavy (non-hydrogen) atoms. The van der Waals surface area contributed by atoms with E-state index in [1.165, 1.54) is 16.0 Å². The van der Waals surface area contributed by atoms with Crippen LogP contribution in [-0.2, 0) is 24.3 Å². The number of aliphatic carboxylic acids is 1. The maximum Gasteiger partial charge on any atom is 0.103 e. The number of hydrogen-bond acceptors (Lipinski definition) is 2. The summed E-state index contributed by atoms with van der Waals surface area (Å²) in [5, 5.41) is 10.6. The highest BCUT2D eigenvalue weighted by Gasteiger charge is 2.08. The SMILES string of the molecule is CC[NH+](Cc1ccccc1)Cc1ccc(CC(=O)[O-])cc1. The predicted molar refractivity (Wildman–Crippen MR) is 80.5 cm³/mol. The van der Waals surface area contributed by atoms with Crippen LogP contribution in [0.5, 0.6) is 0 Å². The van der Waals surface area contributed by atoms with E-state index < -0.39 is 5.97 Å². The van der Waals surface area contributed by atoms with E-state index in [1.807, 2.05) is 30.3 Å². The highest BCUT2D eigenvalue weighted by molar-refractivity contribution is 5.67. The average molecular weight is 283 g/mol. The molecule has 0 saturated carbocycles. The number of quaternary nitrogens is 1. The van der Waals surface area contributed by atoms with Crippen molar-refractivity contribution in [3.63, 3.8) is 0 Å². The van der Waals surface area contributed by atoms with Gasteiger partial charge in [-0.05, 0) is 12.5 Å². The first kappa shape index (κ1) is 15.3. The molecule has 1 unspecified atom stereocenters. The van der Waals surface area contributed by atoms with Gasteiger partial charge in [-0.25, -0.2) is 0 Å². The van der Waals surface area contributed by atoms with E-state index >= 15 is 0 Å². The second kappa shape index (κ2) is 7.60. The Labute approximate surface area is 125 Å². The summed E-state index contributed by atoms with van der Waals surface area (Å²) in [6.45, 7) is 5.17. The Balaban J connectivity index is 1.96. The zero-order valence-corrected chi connectivity index (χ0v) is 12.3. The zero-order valence-electron chi connectivity index (χ0n) is 12.3. The average Bonchev–Trinajstić information content (AvgIpc) is 2.49. The molecule has 0 aromatic heterocycles. The third-order valence-corrected chi connectivity index (χ3v) is 3.62. The summed E-state index contributed by atoms with van der Waals surface area (Å²) in [7, 11) is 0. The van der Waals surface area contributed by atoms with E-state index in [-0.39, 0.29) is 6.42 Å². The van der Waals surface area contributed by atoms with Gasteiger partial charge in [-0.1, -0.05) is 54.6 Å². The highest BCUT2D eigenvalue weighted by Crippen LogP contribution is 2.04. The van der Waals surface area contributed by atoms with Crippen LogP contribution in [0.2, 0.25) is 0 Å². The molecule has 2 aromatic carbocycles. The maximum absolute atomic E-state index is 10.6. The molecule has 0 aliphatic rings. The van der Waals surface area contributed by atoms with Crippen molar-refractivity contribution in [3.05, 3.63) is 71.3 Å². The molecule has 0 radical (unpaired) electrons. The van der Waals surface area contributed by atoms with Gasteiger partial charge in [0.1, 0.15) is 13.1 Å². The first-order chi connectivity index (χ1) is 10.2. The van der Waals surface area contributed by atoms with Crippen molar-refractivity contribution in [2.24, 2.45) is 0 Å². The smallest absolute Gasteiger partial charge is 0.103 e. The Kier molecular flexibility index (Phi) is 5.52. The van der Waals surface area contributed by atoms with E-state index in [9.17, 15) is 9.90 Å². The van der Waals surface area contributed by atoms with Crippen LogP contribution in [-0.4, -0.2) is 12.5 Å². The van der Waals surface area contributed by atoms with Crippen LogP contribution in [0.15, 0.2) is 54.6 Å². The topological polar surface area (TPSA) is 44.6 Å². The van der Waals surface area contributed by atoms with Gasteiger partial charge in [-0.15, -0.1) is 0 Å². The van der Waals surface area contributed by atoms with Crippen LogP contribution in [0, 0.1) is 0 Å². The fourth-order valence-electron chi connectivity index (χ4n) is 2.43. The maximum atomic E-state index is 10.6. The van der Waals surface area contributed by atoms with E-state index in [1.54, 1.807) is 0 Å². The quantitative estimate of drug-likeness (QED) is 0.808. The third kappa shape index (κ3) is 5.04. The van der Waals surface area contributed by atoms with Crippen LogP contribution < -0.4 is 10.0 Å². The van der Waals surface area contributed by atoms with E-state index in [4.69, 9.17) is 0 Å². The summed E-state index contributed by atoms with van der Waals surface area (Å²) in [5.41, 5.74) is 3.35. The minimum absolute atomic E-state index is 0.0192. The Hall–Kier alpha value is -2.13. The fraction of sp³-hybridized carbons (Fsp3) is 0.278. The van der Waals surface area contributed by atoms with Crippen molar-refractivity contribution in [2.75, 3.05) is 6.54 Å². The number of rotatable bonds is 7. The monoisotopic (exact) mass is 283 g/mol. The molecule has 0 aliphatic carbocycles. The number of carboxylic acid groups (broad SMARTS) is 1. The van der Waals surface area contributed by atoms with Gasteiger partial charge in [0.05, 0.1) is 6.54 Å². The number of carboxylic acids is 1. The van der Waals surface area contributed by atoms with Gasteiger partial charge < -0.3 is 14.8 Å².